The topological polar surface area (TPSA) is 91.4 Å². The summed E-state index contributed by atoms with van der Waals surface area (Å²) in [5, 5.41) is 0. The van der Waals surface area contributed by atoms with Gasteiger partial charge in [-0.1, -0.05) is 42.5 Å². The van der Waals surface area contributed by atoms with Crippen molar-refractivity contribution in [1.82, 2.24) is 4.90 Å². The predicted molar refractivity (Wildman–Crippen MR) is 146 cm³/mol. The SMILES string of the molecule is CN(C)CCOCCOC(=O)C1(COC(=O)CCCCC(OC(=O)Cl)c2ccccc2)CC/C=C/CCC1. The van der Waals surface area contributed by atoms with Crippen LogP contribution in [0.15, 0.2) is 42.5 Å². The Labute approximate surface area is 231 Å². The van der Waals surface area contributed by atoms with Crippen LogP contribution >= 0.6 is 11.6 Å². The van der Waals surface area contributed by atoms with Gasteiger partial charge in [-0.3, -0.25) is 9.59 Å². The number of nitrogens with zero attached hydrogens (tertiary/aromatic N) is 1. The number of unbranched alkanes of at least 4 members (excludes halogenated alkanes) is 1. The van der Waals surface area contributed by atoms with Crippen LogP contribution in [0.5, 0.6) is 0 Å². The quantitative estimate of drug-likeness (QED) is 0.0832. The molecule has 0 aliphatic heterocycles. The van der Waals surface area contributed by atoms with Crippen molar-refractivity contribution in [2.24, 2.45) is 5.41 Å². The number of carbonyl (C=O) groups is 3. The second-order valence-electron chi connectivity index (χ2n) is 9.90. The van der Waals surface area contributed by atoms with Crippen molar-refractivity contribution >= 4 is 29.0 Å². The van der Waals surface area contributed by atoms with Crippen molar-refractivity contribution in [1.29, 1.82) is 0 Å². The summed E-state index contributed by atoms with van der Waals surface area (Å²) < 4.78 is 22.0. The van der Waals surface area contributed by atoms with Gasteiger partial charge in [-0.2, -0.15) is 0 Å². The maximum atomic E-state index is 13.1. The molecule has 1 aromatic carbocycles. The van der Waals surface area contributed by atoms with Crippen LogP contribution in [0.3, 0.4) is 0 Å². The third-order valence-corrected chi connectivity index (χ3v) is 6.66. The summed E-state index contributed by atoms with van der Waals surface area (Å²) in [6.07, 6.45) is 9.29. The van der Waals surface area contributed by atoms with Gasteiger partial charge in [0.1, 0.15) is 24.7 Å². The van der Waals surface area contributed by atoms with Crippen molar-refractivity contribution in [3.8, 4) is 0 Å². The van der Waals surface area contributed by atoms with Gasteiger partial charge in [0, 0.05) is 24.6 Å². The molecule has 38 heavy (non-hydrogen) atoms. The number of esters is 2. The van der Waals surface area contributed by atoms with Gasteiger partial charge in [-0.05, 0) is 71.0 Å². The second-order valence-corrected chi connectivity index (χ2v) is 10.2. The summed E-state index contributed by atoms with van der Waals surface area (Å²) in [6, 6.07) is 9.36. The largest absolute Gasteiger partial charge is 0.464 e. The molecule has 2 unspecified atom stereocenters. The molecule has 0 spiro atoms. The summed E-state index contributed by atoms with van der Waals surface area (Å²) in [7, 11) is 3.94. The molecular formula is C29H42ClNO7. The Hall–Kier alpha value is -2.42. The fourth-order valence-corrected chi connectivity index (χ4v) is 4.45. The lowest BCUT2D eigenvalue weighted by molar-refractivity contribution is -0.167. The molecule has 0 bridgehead atoms. The van der Waals surface area contributed by atoms with E-state index in [1.807, 2.05) is 49.3 Å². The van der Waals surface area contributed by atoms with Gasteiger partial charge < -0.3 is 23.8 Å². The van der Waals surface area contributed by atoms with E-state index < -0.39 is 16.9 Å². The van der Waals surface area contributed by atoms with Gasteiger partial charge in [0.2, 0.25) is 0 Å². The molecule has 8 nitrogen and oxygen atoms in total. The molecule has 0 N–H and O–H groups in total. The van der Waals surface area contributed by atoms with Gasteiger partial charge in [-0.15, -0.1) is 0 Å². The smallest absolute Gasteiger partial charge is 0.404 e. The summed E-state index contributed by atoms with van der Waals surface area (Å²) in [4.78, 5) is 39.0. The molecule has 0 saturated carbocycles. The molecule has 0 fully saturated rings. The van der Waals surface area contributed by atoms with Crippen LogP contribution in [0.25, 0.3) is 0 Å². The maximum absolute atomic E-state index is 13.1. The zero-order valence-electron chi connectivity index (χ0n) is 22.7. The summed E-state index contributed by atoms with van der Waals surface area (Å²) in [6.45, 7) is 1.88. The van der Waals surface area contributed by atoms with Gasteiger partial charge in [0.05, 0.1) is 13.2 Å². The van der Waals surface area contributed by atoms with E-state index in [0.29, 0.717) is 45.3 Å². The molecule has 1 aromatic rings. The van der Waals surface area contributed by atoms with Crippen molar-refractivity contribution in [2.45, 2.75) is 63.9 Å². The highest BCUT2D eigenvalue weighted by molar-refractivity contribution is 6.61. The zero-order valence-corrected chi connectivity index (χ0v) is 23.5. The van der Waals surface area contributed by atoms with E-state index in [-0.39, 0.29) is 31.6 Å². The van der Waals surface area contributed by atoms with Crippen LogP contribution in [-0.2, 0) is 28.5 Å². The van der Waals surface area contributed by atoms with E-state index in [1.165, 1.54) is 0 Å². The highest BCUT2D eigenvalue weighted by Crippen LogP contribution is 2.35. The molecule has 9 heteroatoms. The fourth-order valence-electron chi connectivity index (χ4n) is 4.34. The molecule has 0 heterocycles. The first-order valence-corrected chi connectivity index (χ1v) is 13.8. The second kappa shape index (κ2) is 18.0. The first-order valence-electron chi connectivity index (χ1n) is 13.4. The van der Waals surface area contributed by atoms with Crippen LogP contribution in [0.2, 0.25) is 0 Å². The normalized spacial score (nSPS) is 19.2. The molecular weight excluding hydrogens is 510 g/mol. The van der Waals surface area contributed by atoms with Gasteiger partial charge in [0.15, 0.2) is 0 Å². The van der Waals surface area contributed by atoms with Crippen molar-refractivity contribution < 1.29 is 33.3 Å². The Bertz CT molecular complexity index is 877. The lowest BCUT2D eigenvalue weighted by Crippen LogP contribution is -2.39. The van der Waals surface area contributed by atoms with Crippen molar-refractivity contribution in [3.63, 3.8) is 0 Å². The van der Waals surface area contributed by atoms with E-state index in [2.05, 4.69) is 12.2 Å². The summed E-state index contributed by atoms with van der Waals surface area (Å²) in [5.74, 6) is -0.683. The number of likely N-dealkylation sites (N-methyl/N-ethyl adjacent to an activating group) is 1. The lowest BCUT2D eigenvalue weighted by Gasteiger charge is -2.31. The summed E-state index contributed by atoms with van der Waals surface area (Å²) >= 11 is 5.44. The third kappa shape index (κ3) is 12.4. The van der Waals surface area contributed by atoms with Crippen molar-refractivity contribution in [2.75, 3.05) is 47.1 Å². The molecule has 2 atom stereocenters. The van der Waals surface area contributed by atoms with E-state index in [0.717, 1.165) is 31.4 Å². The highest BCUT2D eigenvalue weighted by atomic mass is 35.5. The number of allylic oxidation sites excluding steroid dienone is 2. The van der Waals surface area contributed by atoms with Gasteiger partial charge >= 0.3 is 17.4 Å². The van der Waals surface area contributed by atoms with Crippen LogP contribution in [0.4, 0.5) is 4.79 Å². The van der Waals surface area contributed by atoms with Crippen molar-refractivity contribution in [3.05, 3.63) is 48.0 Å². The lowest BCUT2D eigenvalue weighted by atomic mass is 9.78. The average molecular weight is 552 g/mol. The van der Waals surface area contributed by atoms with E-state index in [1.54, 1.807) is 0 Å². The Morgan fingerprint density at radius 2 is 1.74 bits per heavy atom. The molecule has 0 radical (unpaired) electrons. The Morgan fingerprint density at radius 1 is 0.974 bits per heavy atom. The first kappa shape index (κ1) is 31.8. The minimum atomic E-state index is -0.857. The molecule has 1 aliphatic rings. The number of carbonyl (C=O) groups excluding carboxylic acids is 3. The number of benzene rings is 1. The van der Waals surface area contributed by atoms with E-state index in [9.17, 15) is 14.4 Å². The molecule has 0 saturated heterocycles. The molecule has 1 aliphatic carbocycles. The highest BCUT2D eigenvalue weighted by Gasteiger charge is 2.40. The first-order chi connectivity index (χ1) is 18.3. The average Bonchev–Trinajstić information content (AvgIpc) is 2.87. The summed E-state index contributed by atoms with van der Waals surface area (Å²) in [5.41, 5.74) is -0.854. The number of rotatable bonds is 16. The van der Waals surface area contributed by atoms with E-state index in [4.69, 9.17) is 30.5 Å². The molecule has 0 amide bonds. The number of hydrogen-bond acceptors (Lipinski definition) is 8. The Balaban J connectivity index is 1.82. The number of hydrogen-bond donors (Lipinski definition) is 0. The minimum absolute atomic E-state index is 0.0104. The van der Waals surface area contributed by atoms with Gasteiger partial charge in [-0.25, -0.2) is 4.79 Å². The Morgan fingerprint density at radius 3 is 2.47 bits per heavy atom. The molecule has 0 aromatic heterocycles. The minimum Gasteiger partial charge on any atom is -0.464 e. The van der Waals surface area contributed by atoms with Gasteiger partial charge in [0.25, 0.3) is 0 Å². The third-order valence-electron chi connectivity index (χ3n) is 6.57. The van der Waals surface area contributed by atoms with E-state index >= 15 is 0 Å². The van der Waals surface area contributed by atoms with Crippen LogP contribution in [-0.4, -0.2) is 69.3 Å². The molecule has 2 rings (SSSR count). The number of ether oxygens (including phenoxy) is 4. The van der Waals surface area contributed by atoms with Crippen LogP contribution in [0.1, 0.15) is 69.5 Å². The van der Waals surface area contributed by atoms with Crippen LogP contribution in [0, 0.1) is 5.41 Å². The zero-order chi connectivity index (χ0) is 27.6. The number of halogens is 1. The Kier molecular flexibility index (Phi) is 15.0. The van der Waals surface area contributed by atoms with Crippen LogP contribution < -0.4 is 0 Å². The maximum Gasteiger partial charge on any atom is 0.404 e. The fraction of sp³-hybridized carbons (Fsp3) is 0.621. The predicted octanol–water partition coefficient (Wildman–Crippen LogP) is 5.83. The molecule has 212 valence electrons. The monoisotopic (exact) mass is 551 g/mol. The standard InChI is InChI=1S/C29H42ClNO7/c1-31(2)19-20-35-21-22-36-27(33)29(17-11-4-3-5-12-18-29)23-37-26(32)16-10-9-15-25(38-28(30)34)24-13-7-6-8-14-24/h3-4,6-8,13-14,25H,5,9-12,15-23H2,1-2H3/b4-3+.